The zero-order valence-corrected chi connectivity index (χ0v) is 19.5. The molecule has 3 aromatic carbocycles. The van der Waals surface area contributed by atoms with Crippen molar-refractivity contribution in [3.8, 4) is 11.5 Å². The maximum Gasteiger partial charge on any atom is 0.329 e. The van der Waals surface area contributed by atoms with Crippen molar-refractivity contribution in [2.75, 3.05) is 11.9 Å². The van der Waals surface area contributed by atoms with Gasteiger partial charge < -0.3 is 20.4 Å². The lowest BCUT2D eigenvalue weighted by Crippen LogP contribution is -2.52. The van der Waals surface area contributed by atoms with E-state index in [1.807, 2.05) is 4.72 Å². The first-order chi connectivity index (χ1) is 16.1. The number of benzene rings is 3. The minimum atomic E-state index is -4.30. The van der Waals surface area contributed by atoms with E-state index >= 15 is 0 Å². The summed E-state index contributed by atoms with van der Waals surface area (Å²) in [5.74, 6) is -1.36. The molecule has 0 unspecified atom stereocenters. The van der Waals surface area contributed by atoms with Crippen molar-refractivity contribution in [2.45, 2.75) is 17.4 Å². The standard InChI is InChI=1S/C23H22ClN3O6S/c1-27(16-11-12-19(28)20(29)14-16)22(30)18(13-15-7-3-2-4-8-15)25-23(31)26-34(32,33)21-10-6-5-9-17(21)24/h2-12,14,18,28-29H,13H2,1H3,(H2,25,26,31)/t18-/m0/s1. The summed E-state index contributed by atoms with van der Waals surface area (Å²) in [7, 11) is -2.87. The van der Waals surface area contributed by atoms with E-state index in [0.717, 1.165) is 5.56 Å². The number of urea groups is 1. The highest BCUT2D eigenvalue weighted by molar-refractivity contribution is 7.90. The first-order valence-electron chi connectivity index (χ1n) is 10.00. The van der Waals surface area contributed by atoms with Crippen LogP contribution in [0.4, 0.5) is 10.5 Å². The number of likely N-dealkylation sites (N-methyl/N-ethyl adjacent to an activating group) is 1. The zero-order valence-electron chi connectivity index (χ0n) is 18.0. The first-order valence-corrected chi connectivity index (χ1v) is 11.9. The Hall–Kier alpha value is -3.76. The van der Waals surface area contributed by atoms with Crippen molar-refractivity contribution in [1.29, 1.82) is 0 Å². The third kappa shape index (κ3) is 5.97. The highest BCUT2D eigenvalue weighted by atomic mass is 35.5. The van der Waals surface area contributed by atoms with Crippen molar-refractivity contribution in [2.24, 2.45) is 0 Å². The van der Waals surface area contributed by atoms with Gasteiger partial charge in [-0.2, -0.15) is 0 Å². The Morgan fingerprint density at radius 1 is 0.971 bits per heavy atom. The molecule has 3 aromatic rings. The van der Waals surface area contributed by atoms with Gasteiger partial charge in [0.05, 0.1) is 5.02 Å². The molecule has 34 heavy (non-hydrogen) atoms. The summed E-state index contributed by atoms with van der Waals surface area (Å²) in [6, 6.07) is 16.0. The van der Waals surface area contributed by atoms with Crippen LogP contribution in [0, 0.1) is 0 Å². The summed E-state index contributed by atoms with van der Waals surface area (Å²) < 4.78 is 27.1. The molecule has 0 saturated heterocycles. The molecule has 3 amide bonds. The van der Waals surface area contributed by atoms with Gasteiger partial charge in [0.15, 0.2) is 11.5 Å². The molecular weight excluding hydrogens is 482 g/mol. The van der Waals surface area contributed by atoms with Gasteiger partial charge in [0.1, 0.15) is 10.9 Å². The molecule has 0 aliphatic carbocycles. The van der Waals surface area contributed by atoms with Gasteiger partial charge >= 0.3 is 6.03 Å². The fourth-order valence-corrected chi connectivity index (χ4v) is 4.59. The highest BCUT2D eigenvalue weighted by Crippen LogP contribution is 2.29. The number of amides is 3. The van der Waals surface area contributed by atoms with Gasteiger partial charge in [0, 0.05) is 25.2 Å². The maximum absolute atomic E-state index is 13.2. The molecule has 178 valence electrons. The van der Waals surface area contributed by atoms with Crippen molar-refractivity contribution in [3.05, 3.63) is 83.4 Å². The number of carbonyl (C=O) groups is 2. The van der Waals surface area contributed by atoms with Crippen molar-refractivity contribution in [1.82, 2.24) is 10.0 Å². The number of hydrogen-bond donors (Lipinski definition) is 4. The number of nitrogens with one attached hydrogen (secondary N) is 2. The predicted molar refractivity (Wildman–Crippen MR) is 127 cm³/mol. The van der Waals surface area contributed by atoms with Gasteiger partial charge in [0.25, 0.3) is 10.0 Å². The highest BCUT2D eigenvalue weighted by Gasteiger charge is 2.28. The Labute approximate surface area is 201 Å². The molecule has 0 aliphatic heterocycles. The van der Waals surface area contributed by atoms with Crippen molar-refractivity contribution < 1.29 is 28.2 Å². The van der Waals surface area contributed by atoms with E-state index in [2.05, 4.69) is 5.32 Å². The molecule has 9 nitrogen and oxygen atoms in total. The number of anilines is 1. The number of phenols is 2. The molecule has 0 fully saturated rings. The van der Waals surface area contributed by atoms with Gasteiger partial charge in [-0.25, -0.2) is 17.9 Å². The van der Waals surface area contributed by atoms with E-state index in [0.29, 0.717) is 0 Å². The number of carbonyl (C=O) groups excluding carboxylic acids is 2. The minimum Gasteiger partial charge on any atom is -0.504 e. The van der Waals surface area contributed by atoms with Crippen molar-refractivity contribution >= 4 is 39.2 Å². The van der Waals surface area contributed by atoms with E-state index in [4.69, 9.17) is 11.6 Å². The normalized spacial score (nSPS) is 11.9. The second-order valence-electron chi connectivity index (χ2n) is 7.32. The molecule has 4 N–H and O–H groups in total. The Kier molecular flexibility index (Phi) is 7.64. The minimum absolute atomic E-state index is 0.0631. The molecule has 0 aromatic heterocycles. The summed E-state index contributed by atoms with van der Waals surface area (Å²) in [4.78, 5) is 26.7. The quantitative estimate of drug-likeness (QED) is 0.366. The molecule has 0 bridgehead atoms. The Morgan fingerprint density at radius 2 is 1.62 bits per heavy atom. The lowest BCUT2D eigenvalue weighted by atomic mass is 10.0. The molecule has 0 spiro atoms. The van der Waals surface area contributed by atoms with Crippen LogP contribution in [0.1, 0.15) is 5.56 Å². The summed E-state index contributed by atoms with van der Waals surface area (Å²) in [5.41, 5.74) is 0.973. The van der Waals surface area contributed by atoms with Crippen LogP contribution in [0.3, 0.4) is 0 Å². The SMILES string of the molecule is CN(C(=O)[C@H](Cc1ccccc1)NC(=O)NS(=O)(=O)c1ccccc1Cl)c1ccc(O)c(O)c1. The number of halogens is 1. The zero-order chi connectivity index (χ0) is 24.9. The number of aromatic hydroxyl groups is 2. The summed E-state index contributed by atoms with van der Waals surface area (Å²) in [6.07, 6.45) is 0.0631. The third-order valence-corrected chi connectivity index (χ3v) is 6.75. The lowest BCUT2D eigenvalue weighted by Gasteiger charge is -2.25. The van der Waals surface area contributed by atoms with E-state index in [1.165, 1.54) is 48.3 Å². The average Bonchev–Trinajstić information content (AvgIpc) is 2.80. The van der Waals surface area contributed by atoms with E-state index in [9.17, 15) is 28.2 Å². The van der Waals surface area contributed by atoms with Crippen molar-refractivity contribution in [3.63, 3.8) is 0 Å². The van der Waals surface area contributed by atoms with Crippen LogP contribution in [0.2, 0.25) is 5.02 Å². The van der Waals surface area contributed by atoms with Crippen LogP contribution in [0.15, 0.2) is 77.7 Å². The average molecular weight is 504 g/mol. The summed E-state index contributed by atoms with van der Waals surface area (Å²) in [5, 5.41) is 21.6. The summed E-state index contributed by atoms with van der Waals surface area (Å²) >= 11 is 5.94. The van der Waals surface area contributed by atoms with E-state index in [-0.39, 0.29) is 27.8 Å². The summed E-state index contributed by atoms with van der Waals surface area (Å²) in [6.45, 7) is 0. The topological polar surface area (TPSA) is 136 Å². The Balaban J connectivity index is 1.83. The van der Waals surface area contributed by atoms with Crippen LogP contribution in [-0.4, -0.2) is 43.7 Å². The molecular formula is C23H22ClN3O6S. The third-order valence-electron chi connectivity index (χ3n) is 4.92. The van der Waals surface area contributed by atoms with E-state index < -0.39 is 33.8 Å². The number of sulfonamides is 1. The van der Waals surface area contributed by atoms with Crippen LogP contribution in [-0.2, 0) is 21.2 Å². The monoisotopic (exact) mass is 503 g/mol. The molecule has 11 heteroatoms. The molecule has 0 heterocycles. The second kappa shape index (κ2) is 10.4. The molecule has 3 rings (SSSR count). The van der Waals surface area contributed by atoms with Crippen LogP contribution in [0.25, 0.3) is 0 Å². The fraction of sp³-hybridized carbons (Fsp3) is 0.130. The lowest BCUT2D eigenvalue weighted by molar-refractivity contribution is -0.120. The van der Waals surface area contributed by atoms with Crippen LogP contribution < -0.4 is 14.9 Å². The number of phenolic OH excluding ortho intramolecular Hbond substituents is 2. The molecule has 1 atom stereocenters. The number of nitrogens with zero attached hydrogens (tertiary/aromatic N) is 1. The predicted octanol–water partition coefficient (Wildman–Crippen LogP) is 3.01. The maximum atomic E-state index is 13.2. The number of hydrogen-bond acceptors (Lipinski definition) is 6. The van der Waals surface area contributed by atoms with Gasteiger partial charge in [-0.3, -0.25) is 4.79 Å². The number of rotatable bonds is 7. The van der Waals surface area contributed by atoms with Gasteiger partial charge in [-0.1, -0.05) is 54.1 Å². The van der Waals surface area contributed by atoms with Crippen LogP contribution >= 0.6 is 11.6 Å². The van der Waals surface area contributed by atoms with E-state index in [1.54, 1.807) is 36.4 Å². The fourth-order valence-electron chi connectivity index (χ4n) is 3.16. The van der Waals surface area contributed by atoms with Gasteiger partial charge in [-0.15, -0.1) is 0 Å². The van der Waals surface area contributed by atoms with Crippen LogP contribution in [0.5, 0.6) is 11.5 Å². The smallest absolute Gasteiger partial charge is 0.329 e. The molecule has 0 aliphatic rings. The molecule has 0 radical (unpaired) electrons. The van der Waals surface area contributed by atoms with Gasteiger partial charge in [-0.05, 0) is 29.8 Å². The second-order valence-corrected chi connectivity index (χ2v) is 9.38. The Morgan fingerprint density at radius 3 is 2.26 bits per heavy atom. The van der Waals surface area contributed by atoms with Gasteiger partial charge in [0.2, 0.25) is 5.91 Å². The largest absolute Gasteiger partial charge is 0.504 e. The molecule has 0 saturated carbocycles. The first kappa shape index (κ1) is 24.9. The Bertz CT molecular complexity index is 1300.